The molecule has 0 saturated carbocycles. The van der Waals surface area contributed by atoms with Crippen LogP contribution in [0.1, 0.15) is 0 Å². The molecule has 0 fully saturated rings. The largest absolute Gasteiger partial charge is 0.294 e. The second kappa shape index (κ2) is 12.6. The number of para-hydroxylation sites is 2. The molecule has 2 aromatic heterocycles. The molecule has 0 spiro atoms. The summed E-state index contributed by atoms with van der Waals surface area (Å²) in [5.74, 6) is 0.952. The summed E-state index contributed by atoms with van der Waals surface area (Å²) in [6, 6.07) is 50.0. The van der Waals surface area contributed by atoms with Crippen LogP contribution in [-0.4, -0.2) is 53.8 Å². The predicted octanol–water partition coefficient (Wildman–Crippen LogP) is 2.69. The predicted molar refractivity (Wildman–Crippen MR) is 237 cm³/mol. The molecule has 240 valence electrons. The zero-order chi connectivity index (χ0) is 35.5. The van der Waals surface area contributed by atoms with Gasteiger partial charge in [-0.3, -0.25) is 9.55 Å². The number of aromatic nitrogens is 3. The third kappa shape index (κ3) is 4.97. The number of rotatable bonds is 5. The maximum atomic E-state index is 5.43. The van der Waals surface area contributed by atoms with Gasteiger partial charge >= 0.3 is 0 Å². The Hall–Kier alpha value is -6.00. The van der Waals surface area contributed by atoms with E-state index in [4.69, 9.17) is 4.98 Å². The van der Waals surface area contributed by atoms with Gasteiger partial charge in [0, 0.05) is 23.0 Å². The molecule has 0 bridgehead atoms. The van der Waals surface area contributed by atoms with E-state index in [0.717, 1.165) is 33.7 Å². The van der Waals surface area contributed by atoms with Crippen molar-refractivity contribution in [3.63, 3.8) is 0 Å². The average molecular weight is 659 g/mol. The van der Waals surface area contributed by atoms with Crippen molar-refractivity contribution in [2.24, 2.45) is 0 Å². The van der Waals surface area contributed by atoms with E-state index in [-0.39, 0.29) is 0 Å². The standard InChI is InChI=1S/C44H34B5N3/c45-38-39(46)41(48)43(42(49)40(38)47)52-35-19-8-7-18-34(35)51-44(52)32-16-6-5-15-31(32)37-29-13-3-1-11-27(29)36(28-12-2-4-14-30(28)37)26-22-20-25(21-23-26)33-17-9-10-24-50-33/h1-24H,45-49H2. The molecule has 52 heavy (non-hydrogen) atoms. The van der Waals surface area contributed by atoms with Gasteiger partial charge < -0.3 is 0 Å². The van der Waals surface area contributed by atoms with E-state index in [1.807, 2.05) is 18.3 Å². The Balaban J connectivity index is 1.33. The molecule has 3 nitrogen and oxygen atoms in total. The first-order valence-corrected chi connectivity index (χ1v) is 18.0. The van der Waals surface area contributed by atoms with E-state index < -0.39 is 0 Å². The van der Waals surface area contributed by atoms with Crippen molar-refractivity contribution in [3.8, 4) is 50.6 Å². The van der Waals surface area contributed by atoms with Crippen LogP contribution < -0.4 is 27.3 Å². The summed E-state index contributed by atoms with van der Waals surface area (Å²) in [5, 5.41) is 4.88. The third-order valence-corrected chi connectivity index (χ3v) is 11.2. The third-order valence-electron chi connectivity index (χ3n) is 11.2. The van der Waals surface area contributed by atoms with Gasteiger partial charge in [-0.25, -0.2) is 4.98 Å². The Morgan fingerprint density at radius 2 is 0.923 bits per heavy atom. The van der Waals surface area contributed by atoms with Gasteiger partial charge in [0.15, 0.2) is 0 Å². The first-order chi connectivity index (χ1) is 25.4. The van der Waals surface area contributed by atoms with Gasteiger partial charge in [0.25, 0.3) is 0 Å². The van der Waals surface area contributed by atoms with Crippen molar-refractivity contribution in [1.82, 2.24) is 14.5 Å². The van der Waals surface area contributed by atoms with Crippen molar-refractivity contribution >= 4 is 99.1 Å². The number of fused-ring (bicyclic) bond motifs is 3. The molecular weight excluding hydrogens is 625 g/mol. The van der Waals surface area contributed by atoms with Gasteiger partial charge in [-0.05, 0) is 68.1 Å². The lowest BCUT2D eigenvalue weighted by atomic mass is 9.61. The minimum atomic E-state index is 0.952. The summed E-state index contributed by atoms with van der Waals surface area (Å²) in [4.78, 5) is 10.0. The zero-order valence-electron chi connectivity index (χ0n) is 30.2. The fourth-order valence-corrected chi connectivity index (χ4v) is 8.22. The molecular formula is C44H34B5N3. The van der Waals surface area contributed by atoms with Gasteiger partial charge in [-0.1, -0.05) is 137 Å². The molecule has 0 radical (unpaired) electrons. The van der Waals surface area contributed by atoms with Gasteiger partial charge in [0.2, 0.25) is 0 Å². The average Bonchev–Trinajstić information content (AvgIpc) is 3.58. The second-order valence-corrected chi connectivity index (χ2v) is 13.9. The number of imidazole rings is 1. The van der Waals surface area contributed by atoms with Crippen LogP contribution in [0, 0.1) is 0 Å². The lowest BCUT2D eigenvalue weighted by Gasteiger charge is -2.24. The summed E-state index contributed by atoms with van der Waals surface area (Å²) in [6.45, 7) is 0. The van der Waals surface area contributed by atoms with Crippen molar-refractivity contribution in [3.05, 3.63) is 146 Å². The van der Waals surface area contributed by atoms with Crippen LogP contribution in [-0.2, 0) is 0 Å². The highest BCUT2D eigenvalue weighted by Crippen LogP contribution is 2.46. The molecule has 2 heterocycles. The maximum Gasteiger partial charge on any atom is 0.146 e. The Morgan fingerprint density at radius 3 is 1.54 bits per heavy atom. The molecule has 9 aromatic rings. The molecule has 0 N–H and O–H groups in total. The number of hydrogen-bond acceptors (Lipinski definition) is 2. The fraction of sp³-hybridized carbons (Fsp3) is 0. The van der Waals surface area contributed by atoms with E-state index in [0.29, 0.717) is 0 Å². The molecule has 0 aliphatic heterocycles. The van der Waals surface area contributed by atoms with E-state index in [2.05, 4.69) is 176 Å². The zero-order valence-corrected chi connectivity index (χ0v) is 30.2. The summed E-state index contributed by atoms with van der Waals surface area (Å²) in [6.07, 6.45) is 1.85. The molecule has 9 rings (SSSR count). The van der Waals surface area contributed by atoms with Gasteiger partial charge in [-0.15, -0.1) is 5.46 Å². The van der Waals surface area contributed by atoms with Crippen LogP contribution in [0.2, 0.25) is 0 Å². The van der Waals surface area contributed by atoms with Crippen LogP contribution in [0.4, 0.5) is 0 Å². The number of nitrogens with zero attached hydrogens (tertiary/aromatic N) is 3. The van der Waals surface area contributed by atoms with E-state index in [9.17, 15) is 0 Å². The lowest BCUT2D eigenvalue weighted by molar-refractivity contribution is 1.12. The number of benzene rings is 7. The van der Waals surface area contributed by atoms with E-state index in [1.54, 1.807) is 0 Å². The smallest absolute Gasteiger partial charge is 0.146 e. The molecule has 7 aromatic carbocycles. The summed E-state index contributed by atoms with van der Waals surface area (Å²) >= 11 is 0. The highest BCUT2D eigenvalue weighted by Gasteiger charge is 2.24. The van der Waals surface area contributed by atoms with Crippen LogP contribution >= 0.6 is 0 Å². The molecule has 0 aliphatic carbocycles. The topological polar surface area (TPSA) is 30.7 Å². The quantitative estimate of drug-likeness (QED) is 0.211. The number of hydrogen-bond donors (Lipinski definition) is 0. The molecule has 0 unspecified atom stereocenters. The van der Waals surface area contributed by atoms with Crippen molar-refractivity contribution in [2.75, 3.05) is 0 Å². The van der Waals surface area contributed by atoms with E-state index >= 15 is 0 Å². The Labute approximate surface area is 308 Å². The fourth-order valence-electron chi connectivity index (χ4n) is 8.22. The second-order valence-electron chi connectivity index (χ2n) is 13.9. The lowest BCUT2D eigenvalue weighted by Crippen LogP contribution is -2.56. The first kappa shape index (κ1) is 31.9. The van der Waals surface area contributed by atoms with Crippen molar-refractivity contribution in [1.29, 1.82) is 0 Å². The van der Waals surface area contributed by atoms with Crippen molar-refractivity contribution < 1.29 is 0 Å². The van der Waals surface area contributed by atoms with Crippen LogP contribution in [0.25, 0.3) is 83.2 Å². The van der Waals surface area contributed by atoms with Crippen LogP contribution in [0.3, 0.4) is 0 Å². The van der Waals surface area contributed by atoms with Gasteiger partial charge in [0.05, 0.1) is 16.7 Å². The Morgan fingerprint density at radius 1 is 0.423 bits per heavy atom. The molecule has 0 saturated heterocycles. The summed E-state index contributed by atoms with van der Waals surface area (Å²) in [7, 11) is 11.3. The summed E-state index contributed by atoms with van der Waals surface area (Å²) in [5.41, 5.74) is 17.9. The molecule has 0 amide bonds. The molecule has 8 heteroatoms. The molecule has 0 aliphatic rings. The maximum absolute atomic E-state index is 5.43. The summed E-state index contributed by atoms with van der Waals surface area (Å²) < 4.78 is 2.42. The van der Waals surface area contributed by atoms with Crippen LogP contribution in [0.15, 0.2) is 146 Å². The van der Waals surface area contributed by atoms with Gasteiger partial charge in [-0.2, -0.15) is 0 Å². The van der Waals surface area contributed by atoms with Gasteiger partial charge in [0.1, 0.15) is 45.1 Å². The first-order valence-electron chi connectivity index (χ1n) is 18.0. The minimum absolute atomic E-state index is 0.952. The number of pyridine rings is 1. The van der Waals surface area contributed by atoms with E-state index in [1.165, 1.54) is 76.8 Å². The minimum Gasteiger partial charge on any atom is -0.294 e. The Bertz CT molecular complexity index is 2760. The molecule has 0 atom stereocenters. The highest BCUT2D eigenvalue weighted by molar-refractivity contribution is 6.68. The monoisotopic (exact) mass is 659 g/mol. The highest BCUT2D eigenvalue weighted by atomic mass is 15.1. The Kier molecular flexibility index (Phi) is 7.77. The normalized spacial score (nSPS) is 11.5. The van der Waals surface area contributed by atoms with Crippen LogP contribution in [0.5, 0.6) is 0 Å². The SMILES string of the molecule is Bc1c(B)c(B)c(-n2c(-c3ccccc3-c3c4ccccc4c(-c4ccc(-c5ccccn5)cc4)c4ccccc34)nc3ccccc32)c(B)c1B. The van der Waals surface area contributed by atoms with Crippen molar-refractivity contribution in [2.45, 2.75) is 0 Å².